The van der Waals surface area contributed by atoms with Crippen molar-refractivity contribution in [3.8, 4) is 29.1 Å². The maximum Gasteiger partial charge on any atom is 0.272 e. The molecule has 7 nitrogen and oxygen atoms in total. The van der Waals surface area contributed by atoms with E-state index in [0.29, 0.717) is 22.8 Å². The zero-order valence-corrected chi connectivity index (χ0v) is 14.3. The summed E-state index contributed by atoms with van der Waals surface area (Å²) in [5.74, 6) is 7.36. The third-order valence-corrected chi connectivity index (χ3v) is 3.80. The van der Waals surface area contributed by atoms with E-state index >= 15 is 0 Å². The summed E-state index contributed by atoms with van der Waals surface area (Å²) in [5.41, 5.74) is 1.68. The first-order chi connectivity index (χ1) is 13.3. The molecule has 2 heterocycles. The minimum atomic E-state index is -0.320. The van der Waals surface area contributed by atoms with Gasteiger partial charge in [-0.1, -0.05) is 24.0 Å². The number of fused-ring (bicyclic) bond motifs is 2. The first-order valence-electron chi connectivity index (χ1n) is 8.28. The van der Waals surface area contributed by atoms with Crippen LogP contribution in [-0.2, 0) is 0 Å². The molecule has 1 aliphatic heterocycles. The number of nitrogens with zero attached hydrogens (tertiary/aromatic N) is 2. The van der Waals surface area contributed by atoms with Gasteiger partial charge in [-0.05, 0) is 24.3 Å². The molecule has 0 saturated heterocycles. The van der Waals surface area contributed by atoms with Crippen LogP contribution < -0.4 is 19.5 Å². The number of nitrogens with one attached hydrogen (secondary N) is 1. The molecule has 1 aromatic heterocycles. The molecular weight excluding hydrogens is 346 g/mol. The number of carbonyl (C=O) groups is 1. The zero-order chi connectivity index (χ0) is 18.5. The average molecular weight is 361 g/mol. The number of amides is 1. The van der Waals surface area contributed by atoms with Gasteiger partial charge < -0.3 is 19.5 Å². The number of benzene rings is 2. The van der Waals surface area contributed by atoms with E-state index in [-0.39, 0.29) is 31.5 Å². The quantitative estimate of drug-likeness (QED) is 0.717. The van der Waals surface area contributed by atoms with Crippen LogP contribution in [-0.4, -0.2) is 35.8 Å². The number of ether oxygens (including phenoxy) is 3. The summed E-state index contributed by atoms with van der Waals surface area (Å²) in [6, 6.07) is 12.7. The Kier molecular flexibility index (Phi) is 4.70. The van der Waals surface area contributed by atoms with Gasteiger partial charge in [0.15, 0.2) is 11.5 Å². The first-order valence-corrected chi connectivity index (χ1v) is 8.28. The van der Waals surface area contributed by atoms with Crippen molar-refractivity contribution >= 4 is 16.9 Å². The molecule has 0 unspecified atom stereocenters. The van der Waals surface area contributed by atoms with E-state index in [1.54, 1.807) is 18.2 Å². The largest absolute Gasteiger partial charge is 0.481 e. The molecule has 0 saturated carbocycles. The van der Waals surface area contributed by atoms with E-state index in [0.717, 1.165) is 5.52 Å². The van der Waals surface area contributed by atoms with Gasteiger partial charge in [0.1, 0.15) is 18.1 Å². The highest BCUT2D eigenvalue weighted by molar-refractivity contribution is 5.93. The van der Waals surface area contributed by atoms with Crippen LogP contribution in [0, 0.1) is 11.8 Å². The number of hydrogen-bond donors (Lipinski definition) is 1. The SMILES string of the molecule is O=C(NCC#CCOc1ccc2c(c1)OCO2)c1cnc2ccccc2n1. The van der Waals surface area contributed by atoms with E-state index in [2.05, 4.69) is 27.1 Å². The monoisotopic (exact) mass is 361 g/mol. The Bertz CT molecular complexity index is 1060. The summed E-state index contributed by atoms with van der Waals surface area (Å²) in [4.78, 5) is 20.6. The van der Waals surface area contributed by atoms with E-state index in [1.807, 2.05) is 24.3 Å². The molecule has 3 aromatic rings. The lowest BCUT2D eigenvalue weighted by molar-refractivity contribution is 0.0953. The minimum absolute atomic E-state index is 0.192. The van der Waals surface area contributed by atoms with Crippen molar-refractivity contribution in [2.24, 2.45) is 0 Å². The highest BCUT2D eigenvalue weighted by atomic mass is 16.7. The van der Waals surface area contributed by atoms with Gasteiger partial charge in [0.2, 0.25) is 6.79 Å². The maximum absolute atomic E-state index is 12.1. The predicted octanol–water partition coefficient (Wildman–Crippen LogP) is 2.17. The van der Waals surface area contributed by atoms with Crippen molar-refractivity contribution in [2.45, 2.75) is 0 Å². The van der Waals surface area contributed by atoms with Crippen molar-refractivity contribution in [2.75, 3.05) is 19.9 Å². The summed E-state index contributed by atoms with van der Waals surface area (Å²) in [6.07, 6.45) is 1.45. The number of hydrogen-bond acceptors (Lipinski definition) is 6. The zero-order valence-electron chi connectivity index (χ0n) is 14.3. The summed E-state index contributed by atoms with van der Waals surface area (Å²) in [6.45, 7) is 0.614. The molecule has 1 N–H and O–H groups in total. The Morgan fingerprint density at radius 1 is 1.11 bits per heavy atom. The van der Waals surface area contributed by atoms with Gasteiger partial charge in [-0.25, -0.2) is 4.98 Å². The molecule has 4 rings (SSSR count). The topological polar surface area (TPSA) is 82.6 Å². The molecule has 27 heavy (non-hydrogen) atoms. The summed E-state index contributed by atoms with van der Waals surface area (Å²) >= 11 is 0. The third-order valence-electron chi connectivity index (χ3n) is 3.80. The van der Waals surface area contributed by atoms with Crippen LogP contribution in [0.15, 0.2) is 48.7 Å². The predicted molar refractivity (Wildman–Crippen MR) is 97.7 cm³/mol. The molecule has 0 atom stereocenters. The van der Waals surface area contributed by atoms with E-state index in [1.165, 1.54) is 6.20 Å². The molecule has 134 valence electrons. The van der Waals surface area contributed by atoms with Crippen LogP contribution in [0.3, 0.4) is 0 Å². The van der Waals surface area contributed by atoms with E-state index in [9.17, 15) is 4.79 Å². The smallest absolute Gasteiger partial charge is 0.272 e. The van der Waals surface area contributed by atoms with Crippen LogP contribution in [0.25, 0.3) is 11.0 Å². The fraction of sp³-hybridized carbons (Fsp3) is 0.150. The number of rotatable bonds is 4. The Labute approximate surface area is 155 Å². The molecule has 1 amide bonds. The van der Waals surface area contributed by atoms with Gasteiger partial charge in [-0.15, -0.1) is 0 Å². The number of para-hydroxylation sites is 2. The maximum atomic E-state index is 12.1. The third kappa shape index (κ3) is 3.90. The Morgan fingerprint density at radius 2 is 1.96 bits per heavy atom. The summed E-state index contributed by atoms with van der Waals surface area (Å²) in [5, 5.41) is 2.69. The second-order valence-corrected chi connectivity index (χ2v) is 5.58. The summed E-state index contributed by atoms with van der Waals surface area (Å²) < 4.78 is 16.0. The van der Waals surface area contributed by atoms with Crippen LogP contribution in [0.5, 0.6) is 17.2 Å². The molecule has 0 spiro atoms. The number of carbonyl (C=O) groups excluding carboxylic acids is 1. The lowest BCUT2D eigenvalue weighted by atomic mass is 10.3. The van der Waals surface area contributed by atoms with Crippen LogP contribution in [0.4, 0.5) is 0 Å². The molecule has 0 bridgehead atoms. The number of aromatic nitrogens is 2. The van der Waals surface area contributed by atoms with Crippen LogP contribution in [0.2, 0.25) is 0 Å². The minimum Gasteiger partial charge on any atom is -0.481 e. The average Bonchev–Trinajstić information content (AvgIpc) is 3.18. The molecular formula is C20H15N3O4. The van der Waals surface area contributed by atoms with Gasteiger partial charge in [-0.3, -0.25) is 9.78 Å². The highest BCUT2D eigenvalue weighted by Gasteiger charge is 2.13. The van der Waals surface area contributed by atoms with Gasteiger partial charge >= 0.3 is 0 Å². The fourth-order valence-corrected chi connectivity index (χ4v) is 2.48. The van der Waals surface area contributed by atoms with Crippen LogP contribution >= 0.6 is 0 Å². The van der Waals surface area contributed by atoms with Gasteiger partial charge in [0, 0.05) is 6.07 Å². The Morgan fingerprint density at radius 3 is 2.89 bits per heavy atom. The molecule has 7 heteroatoms. The second-order valence-electron chi connectivity index (χ2n) is 5.58. The molecule has 0 radical (unpaired) electrons. The van der Waals surface area contributed by atoms with Crippen molar-refractivity contribution < 1.29 is 19.0 Å². The van der Waals surface area contributed by atoms with E-state index in [4.69, 9.17) is 14.2 Å². The van der Waals surface area contributed by atoms with E-state index < -0.39 is 0 Å². The van der Waals surface area contributed by atoms with Gasteiger partial charge in [-0.2, -0.15) is 0 Å². The fourth-order valence-electron chi connectivity index (χ4n) is 2.48. The lowest BCUT2D eigenvalue weighted by Crippen LogP contribution is -2.24. The van der Waals surface area contributed by atoms with Gasteiger partial charge in [0.25, 0.3) is 5.91 Å². The van der Waals surface area contributed by atoms with Crippen molar-refractivity contribution in [1.29, 1.82) is 0 Å². The van der Waals surface area contributed by atoms with Crippen molar-refractivity contribution in [3.05, 3.63) is 54.4 Å². The Balaban J connectivity index is 1.26. The van der Waals surface area contributed by atoms with Crippen molar-refractivity contribution in [1.82, 2.24) is 15.3 Å². The first kappa shape index (κ1) is 16.7. The normalized spacial score (nSPS) is 11.6. The molecule has 0 fully saturated rings. The lowest BCUT2D eigenvalue weighted by Gasteiger charge is -2.03. The van der Waals surface area contributed by atoms with Gasteiger partial charge in [0.05, 0.1) is 23.8 Å². The van der Waals surface area contributed by atoms with Crippen LogP contribution in [0.1, 0.15) is 10.5 Å². The Hall–Kier alpha value is -3.79. The molecule has 1 aliphatic rings. The summed E-state index contributed by atoms with van der Waals surface area (Å²) in [7, 11) is 0. The van der Waals surface area contributed by atoms with Crippen molar-refractivity contribution in [3.63, 3.8) is 0 Å². The standard InChI is InChI=1S/C20H15N3O4/c24-20(17-12-22-15-5-1-2-6-16(15)23-17)21-9-3-4-10-25-14-7-8-18-19(11-14)27-13-26-18/h1-2,5-8,11-12H,9-10,13H2,(H,21,24). The highest BCUT2D eigenvalue weighted by Crippen LogP contribution is 2.34. The molecule has 0 aliphatic carbocycles. The molecule has 2 aromatic carbocycles. The second kappa shape index (κ2) is 7.62.